The van der Waals surface area contributed by atoms with Crippen molar-refractivity contribution in [3.8, 4) is 5.75 Å². The Morgan fingerprint density at radius 1 is 1.17 bits per heavy atom. The summed E-state index contributed by atoms with van der Waals surface area (Å²) in [6.45, 7) is 0.620. The van der Waals surface area contributed by atoms with Crippen LogP contribution in [0.15, 0.2) is 36.7 Å². The maximum absolute atomic E-state index is 5.49. The summed E-state index contributed by atoms with van der Waals surface area (Å²) in [5, 5.41) is 0. The van der Waals surface area contributed by atoms with E-state index in [0.29, 0.717) is 13.0 Å². The zero-order valence-corrected chi connectivity index (χ0v) is 10.5. The van der Waals surface area contributed by atoms with Gasteiger partial charge in [0.25, 0.3) is 0 Å². The Kier molecular flexibility index (Phi) is 4.25. The molecule has 18 heavy (non-hydrogen) atoms. The van der Waals surface area contributed by atoms with Crippen LogP contribution in [-0.2, 0) is 12.8 Å². The summed E-state index contributed by atoms with van der Waals surface area (Å²) in [6.07, 6.45) is 5.16. The van der Waals surface area contributed by atoms with E-state index < -0.39 is 0 Å². The second kappa shape index (κ2) is 6.12. The molecule has 0 saturated carbocycles. The van der Waals surface area contributed by atoms with E-state index in [1.165, 1.54) is 0 Å². The number of methoxy groups -OCH3 is 1. The van der Waals surface area contributed by atoms with E-state index in [0.717, 1.165) is 29.1 Å². The molecule has 0 spiro atoms. The monoisotopic (exact) mass is 243 g/mol. The first-order valence-electron chi connectivity index (χ1n) is 5.95. The number of nitrogens with zero attached hydrogens (tertiary/aromatic N) is 2. The molecule has 4 nitrogen and oxygen atoms in total. The quantitative estimate of drug-likeness (QED) is 0.866. The second-order valence-electron chi connectivity index (χ2n) is 4.03. The van der Waals surface area contributed by atoms with Crippen LogP contribution in [0, 0.1) is 0 Å². The molecule has 2 N–H and O–H groups in total. The number of nitrogens with two attached hydrogens (primary N) is 1. The van der Waals surface area contributed by atoms with Crippen LogP contribution in [0.3, 0.4) is 0 Å². The van der Waals surface area contributed by atoms with Gasteiger partial charge in [-0.15, -0.1) is 0 Å². The third kappa shape index (κ3) is 3.05. The van der Waals surface area contributed by atoms with Crippen LogP contribution in [0.4, 0.5) is 0 Å². The molecule has 0 aliphatic heterocycles. The molecule has 0 atom stereocenters. The lowest BCUT2D eigenvalue weighted by atomic mass is 10.1. The number of para-hydroxylation sites is 1. The van der Waals surface area contributed by atoms with Gasteiger partial charge in [-0.2, -0.15) is 0 Å². The number of hydrogen-bond acceptors (Lipinski definition) is 4. The van der Waals surface area contributed by atoms with Gasteiger partial charge in [-0.25, -0.2) is 9.97 Å². The molecular weight excluding hydrogens is 226 g/mol. The van der Waals surface area contributed by atoms with E-state index in [4.69, 9.17) is 10.5 Å². The zero-order chi connectivity index (χ0) is 12.8. The van der Waals surface area contributed by atoms with Crippen LogP contribution in [0.1, 0.15) is 17.0 Å². The summed E-state index contributed by atoms with van der Waals surface area (Å²) in [7, 11) is 1.67. The third-order valence-electron chi connectivity index (χ3n) is 2.73. The molecule has 2 aromatic rings. The van der Waals surface area contributed by atoms with Crippen molar-refractivity contribution in [2.24, 2.45) is 5.73 Å². The van der Waals surface area contributed by atoms with Crippen LogP contribution < -0.4 is 10.5 Å². The molecule has 0 aliphatic carbocycles. The van der Waals surface area contributed by atoms with Crippen LogP contribution in [0.2, 0.25) is 0 Å². The van der Waals surface area contributed by atoms with Crippen molar-refractivity contribution in [3.63, 3.8) is 0 Å². The van der Waals surface area contributed by atoms with E-state index >= 15 is 0 Å². The minimum atomic E-state index is 0.620. The van der Waals surface area contributed by atoms with Gasteiger partial charge in [-0.3, -0.25) is 0 Å². The van der Waals surface area contributed by atoms with Gasteiger partial charge in [-0.1, -0.05) is 18.2 Å². The van der Waals surface area contributed by atoms with Crippen LogP contribution in [0.25, 0.3) is 0 Å². The van der Waals surface area contributed by atoms with Crippen LogP contribution in [-0.4, -0.2) is 23.6 Å². The molecule has 0 saturated heterocycles. The highest BCUT2D eigenvalue weighted by Crippen LogP contribution is 2.19. The molecule has 0 bridgehead atoms. The minimum absolute atomic E-state index is 0.620. The molecular formula is C14H17N3O. The molecule has 1 heterocycles. The lowest BCUT2D eigenvalue weighted by Gasteiger charge is -2.07. The fourth-order valence-corrected chi connectivity index (χ4v) is 1.79. The molecule has 4 heteroatoms. The Bertz CT molecular complexity index is 497. The van der Waals surface area contributed by atoms with Crippen molar-refractivity contribution in [2.75, 3.05) is 13.7 Å². The summed E-state index contributed by atoms with van der Waals surface area (Å²) in [6, 6.07) is 7.91. The Morgan fingerprint density at radius 2 is 1.89 bits per heavy atom. The average Bonchev–Trinajstić information content (AvgIpc) is 2.42. The SMILES string of the molecule is COc1ccccc1Cc1ncc(CCN)cn1. The molecule has 0 aliphatic rings. The van der Waals surface area contributed by atoms with Gasteiger partial charge in [0, 0.05) is 24.4 Å². The third-order valence-corrected chi connectivity index (χ3v) is 2.73. The van der Waals surface area contributed by atoms with Gasteiger partial charge in [0.05, 0.1) is 7.11 Å². The zero-order valence-electron chi connectivity index (χ0n) is 10.5. The fourth-order valence-electron chi connectivity index (χ4n) is 1.79. The van der Waals surface area contributed by atoms with Gasteiger partial charge in [-0.05, 0) is 24.6 Å². The number of rotatable bonds is 5. The number of ether oxygens (including phenoxy) is 1. The largest absolute Gasteiger partial charge is 0.496 e. The summed E-state index contributed by atoms with van der Waals surface area (Å²) in [5.41, 5.74) is 7.65. The van der Waals surface area contributed by atoms with Crippen molar-refractivity contribution in [1.29, 1.82) is 0 Å². The number of aromatic nitrogens is 2. The predicted molar refractivity (Wildman–Crippen MR) is 70.6 cm³/mol. The standard InChI is InChI=1S/C14H17N3O/c1-18-13-5-3-2-4-12(13)8-14-16-9-11(6-7-15)10-17-14/h2-5,9-10H,6-8,15H2,1H3. The summed E-state index contributed by atoms with van der Waals surface area (Å²) in [5.74, 6) is 1.66. The van der Waals surface area contributed by atoms with Gasteiger partial charge in [0.15, 0.2) is 0 Å². The van der Waals surface area contributed by atoms with Crippen LogP contribution >= 0.6 is 0 Å². The predicted octanol–water partition coefficient (Wildman–Crippen LogP) is 1.58. The normalized spacial score (nSPS) is 10.3. The maximum Gasteiger partial charge on any atom is 0.132 e. The maximum atomic E-state index is 5.49. The number of benzene rings is 1. The minimum Gasteiger partial charge on any atom is -0.496 e. The second-order valence-corrected chi connectivity index (χ2v) is 4.03. The summed E-state index contributed by atoms with van der Waals surface area (Å²) in [4.78, 5) is 8.69. The van der Waals surface area contributed by atoms with E-state index in [1.54, 1.807) is 7.11 Å². The molecule has 1 aromatic heterocycles. The molecule has 2 rings (SSSR count). The van der Waals surface area contributed by atoms with Crippen molar-refractivity contribution in [2.45, 2.75) is 12.8 Å². The van der Waals surface area contributed by atoms with Crippen molar-refractivity contribution >= 4 is 0 Å². The summed E-state index contributed by atoms with van der Waals surface area (Å²) < 4.78 is 5.31. The van der Waals surface area contributed by atoms with E-state index in [1.807, 2.05) is 36.7 Å². The van der Waals surface area contributed by atoms with Gasteiger partial charge >= 0.3 is 0 Å². The first-order chi connectivity index (χ1) is 8.83. The smallest absolute Gasteiger partial charge is 0.132 e. The Hall–Kier alpha value is -1.94. The lowest BCUT2D eigenvalue weighted by Crippen LogP contribution is -2.05. The van der Waals surface area contributed by atoms with Gasteiger partial charge < -0.3 is 10.5 Å². The van der Waals surface area contributed by atoms with E-state index in [9.17, 15) is 0 Å². The molecule has 0 amide bonds. The first kappa shape index (κ1) is 12.5. The molecule has 1 aromatic carbocycles. The molecule has 94 valence electrons. The van der Waals surface area contributed by atoms with Crippen molar-refractivity contribution < 1.29 is 4.74 Å². The highest BCUT2D eigenvalue weighted by atomic mass is 16.5. The topological polar surface area (TPSA) is 61.0 Å². The van der Waals surface area contributed by atoms with E-state index in [-0.39, 0.29) is 0 Å². The summed E-state index contributed by atoms with van der Waals surface area (Å²) >= 11 is 0. The molecule has 0 fully saturated rings. The highest BCUT2D eigenvalue weighted by molar-refractivity contribution is 5.35. The highest BCUT2D eigenvalue weighted by Gasteiger charge is 2.05. The van der Waals surface area contributed by atoms with Crippen molar-refractivity contribution in [1.82, 2.24) is 9.97 Å². The first-order valence-corrected chi connectivity index (χ1v) is 5.95. The van der Waals surface area contributed by atoms with Crippen LogP contribution in [0.5, 0.6) is 5.75 Å². The van der Waals surface area contributed by atoms with Gasteiger partial charge in [0.1, 0.15) is 11.6 Å². The molecule has 0 radical (unpaired) electrons. The average molecular weight is 243 g/mol. The lowest BCUT2D eigenvalue weighted by molar-refractivity contribution is 0.410. The fraction of sp³-hybridized carbons (Fsp3) is 0.286. The number of hydrogen-bond donors (Lipinski definition) is 1. The molecule has 0 unspecified atom stereocenters. The Labute approximate surface area is 107 Å². The van der Waals surface area contributed by atoms with Gasteiger partial charge in [0.2, 0.25) is 0 Å². The Morgan fingerprint density at radius 3 is 2.56 bits per heavy atom. The Balaban J connectivity index is 2.13. The van der Waals surface area contributed by atoms with Crippen molar-refractivity contribution in [3.05, 3.63) is 53.6 Å². The van der Waals surface area contributed by atoms with E-state index in [2.05, 4.69) is 9.97 Å².